The highest BCUT2D eigenvalue weighted by Crippen LogP contribution is 2.14. The molecule has 0 aromatic carbocycles. The summed E-state index contributed by atoms with van der Waals surface area (Å²) in [7, 11) is 4.05. The number of carbonyl (C=O) groups excluding carboxylic acids is 1. The zero-order valence-electron chi connectivity index (χ0n) is 9.07. The van der Waals surface area contributed by atoms with Crippen LogP contribution in [0, 0.1) is 0 Å². The molecule has 1 saturated heterocycles. The van der Waals surface area contributed by atoms with Gasteiger partial charge in [-0.25, -0.2) is 0 Å². The Labute approximate surface area is 91.9 Å². The van der Waals surface area contributed by atoms with Gasteiger partial charge in [0.15, 0.2) is 0 Å². The van der Waals surface area contributed by atoms with Gasteiger partial charge in [0, 0.05) is 19.5 Å². The molecule has 1 fully saturated rings. The molecule has 0 aromatic heterocycles. The number of thiol groups is 1. The van der Waals surface area contributed by atoms with Gasteiger partial charge < -0.3 is 9.80 Å². The van der Waals surface area contributed by atoms with E-state index in [0.717, 1.165) is 25.9 Å². The van der Waals surface area contributed by atoms with Gasteiger partial charge >= 0.3 is 0 Å². The second-order valence-corrected chi connectivity index (χ2v) is 4.46. The van der Waals surface area contributed by atoms with Crippen molar-refractivity contribution < 1.29 is 4.79 Å². The van der Waals surface area contributed by atoms with Crippen LogP contribution < -0.4 is 0 Å². The summed E-state index contributed by atoms with van der Waals surface area (Å²) in [6.45, 7) is 2.20. The van der Waals surface area contributed by atoms with E-state index in [4.69, 9.17) is 0 Å². The molecule has 82 valence electrons. The third-order valence-corrected chi connectivity index (χ3v) is 3.18. The molecule has 1 rings (SSSR count). The van der Waals surface area contributed by atoms with Crippen LogP contribution in [0.5, 0.6) is 0 Å². The van der Waals surface area contributed by atoms with E-state index in [1.54, 1.807) is 0 Å². The molecule has 3 nitrogen and oxygen atoms in total. The summed E-state index contributed by atoms with van der Waals surface area (Å²) < 4.78 is 0. The Morgan fingerprint density at radius 3 is 2.57 bits per heavy atom. The van der Waals surface area contributed by atoms with Crippen LogP contribution in [0.2, 0.25) is 0 Å². The molecule has 1 amide bonds. The highest BCUT2D eigenvalue weighted by Gasteiger charge is 2.23. The van der Waals surface area contributed by atoms with Crippen LogP contribution in [-0.4, -0.2) is 54.7 Å². The van der Waals surface area contributed by atoms with E-state index in [2.05, 4.69) is 24.6 Å². The Bertz CT molecular complexity index is 191. The highest BCUT2D eigenvalue weighted by atomic mass is 32.1. The van der Waals surface area contributed by atoms with Crippen molar-refractivity contribution in [2.24, 2.45) is 0 Å². The summed E-state index contributed by atoms with van der Waals surface area (Å²) in [6, 6.07) is 0.443. The number of carbonyl (C=O) groups is 1. The number of nitrogens with zero attached hydrogens (tertiary/aromatic N) is 2. The van der Waals surface area contributed by atoms with Crippen molar-refractivity contribution in [2.75, 3.05) is 32.9 Å². The standard InChI is InChI=1S/C10H20N2OS/c1-11-6-3-9(4-7-11)12(2)10(13)5-8-14/h9,14H,3-8H2,1-2H3. The first-order chi connectivity index (χ1) is 6.65. The van der Waals surface area contributed by atoms with Crippen LogP contribution in [0.1, 0.15) is 19.3 Å². The molecule has 0 saturated carbocycles. The van der Waals surface area contributed by atoms with Crippen LogP contribution in [0.3, 0.4) is 0 Å². The Morgan fingerprint density at radius 2 is 2.07 bits per heavy atom. The first kappa shape index (κ1) is 11.9. The molecule has 14 heavy (non-hydrogen) atoms. The molecule has 0 bridgehead atoms. The van der Waals surface area contributed by atoms with Gasteiger partial charge in [0.2, 0.25) is 5.91 Å². The molecular weight excluding hydrogens is 196 g/mol. The minimum Gasteiger partial charge on any atom is -0.343 e. The second kappa shape index (κ2) is 5.61. The number of rotatable bonds is 3. The van der Waals surface area contributed by atoms with Gasteiger partial charge in [-0.2, -0.15) is 12.6 Å². The first-order valence-corrected chi connectivity index (χ1v) is 5.83. The van der Waals surface area contributed by atoms with Gasteiger partial charge in [0.25, 0.3) is 0 Å². The summed E-state index contributed by atoms with van der Waals surface area (Å²) in [6.07, 6.45) is 2.77. The smallest absolute Gasteiger partial charge is 0.223 e. The van der Waals surface area contributed by atoms with Gasteiger partial charge in [-0.1, -0.05) is 0 Å². The first-order valence-electron chi connectivity index (χ1n) is 5.20. The van der Waals surface area contributed by atoms with Crippen LogP contribution in [-0.2, 0) is 4.79 Å². The summed E-state index contributed by atoms with van der Waals surface area (Å²) >= 11 is 4.08. The van der Waals surface area contributed by atoms with Crippen LogP contribution in [0.4, 0.5) is 0 Å². The quantitative estimate of drug-likeness (QED) is 0.707. The average molecular weight is 216 g/mol. The zero-order valence-corrected chi connectivity index (χ0v) is 9.96. The van der Waals surface area contributed by atoms with Gasteiger partial charge in [0.05, 0.1) is 0 Å². The molecule has 0 atom stereocenters. The summed E-state index contributed by atoms with van der Waals surface area (Å²) in [5.74, 6) is 0.880. The monoisotopic (exact) mass is 216 g/mol. The highest BCUT2D eigenvalue weighted by molar-refractivity contribution is 7.80. The van der Waals surface area contributed by atoms with E-state index in [9.17, 15) is 4.79 Å². The lowest BCUT2D eigenvalue weighted by atomic mass is 10.0. The maximum atomic E-state index is 11.6. The topological polar surface area (TPSA) is 23.6 Å². The van der Waals surface area contributed by atoms with Crippen molar-refractivity contribution in [1.29, 1.82) is 0 Å². The number of piperidine rings is 1. The zero-order chi connectivity index (χ0) is 10.6. The van der Waals surface area contributed by atoms with E-state index in [0.29, 0.717) is 18.2 Å². The Morgan fingerprint density at radius 1 is 1.50 bits per heavy atom. The molecule has 0 radical (unpaired) electrons. The molecule has 0 spiro atoms. The lowest BCUT2D eigenvalue weighted by molar-refractivity contribution is -0.132. The molecule has 4 heteroatoms. The largest absolute Gasteiger partial charge is 0.343 e. The van der Waals surface area contributed by atoms with Gasteiger partial charge in [-0.05, 0) is 38.7 Å². The number of hydrogen-bond donors (Lipinski definition) is 1. The SMILES string of the molecule is CN1CCC(N(C)C(=O)CCS)CC1. The second-order valence-electron chi connectivity index (χ2n) is 4.01. The van der Waals surface area contributed by atoms with Gasteiger partial charge in [-0.15, -0.1) is 0 Å². The van der Waals surface area contributed by atoms with Crippen molar-refractivity contribution in [3.63, 3.8) is 0 Å². The van der Waals surface area contributed by atoms with Crippen LogP contribution >= 0.6 is 12.6 Å². The van der Waals surface area contributed by atoms with Crippen LogP contribution in [0.25, 0.3) is 0 Å². The molecule has 0 aromatic rings. The fourth-order valence-electron chi connectivity index (χ4n) is 1.86. The maximum Gasteiger partial charge on any atom is 0.223 e. The molecule has 1 heterocycles. The Kier molecular flexibility index (Phi) is 4.75. The fraction of sp³-hybridized carbons (Fsp3) is 0.900. The third-order valence-electron chi connectivity index (χ3n) is 2.95. The normalized spacial score (nSPS) is 19.6. The van der Waals surface area contributed by atoms with E-state index in [1.807, 2.05) is 11.9 Å². The van der Waals surface area contributed by atoms with E-state index in [1.165, 1.54) is 0 Å². The number of hydrogen-bond acceptors (Lipinski definition) is 3. The number of likely N-dealkylation sites (tertiary alicyclic amines) is 1. The van der Waals surface area contributed by atoms with Crippen molar-refractivity contribution in [2.45, 2.75) is 25.3 Å². The lowest BCUT2D eigenvalue weighted by Gasteiger charge is -2.35. The van der Waals surface area contributed by atoms with Gasteiger partial charge in [-0.3, -0.25) is 4.79 Å². The summed E-state index contributed by atoms with van der Waals surface area (Å²) in [4.78, 5) is 15.8. The maximum absolute atomic E-state index is 11.6. The average Bonchev–Trinajstić information content (AvgIpc) is 2.18. The lowest BCUT2D eigenvalue weighted by Crippen LogP contribution is -2.44. The van der Waals surface area contributed by atoms with Crippen molar-refractivity contribution in [3.05, 3.63) is 0 Å². The molecular formula is C10H20N2OS. The fourth-order valence-corrected chi connectivity index (χ4v) is 2.05. The molecule has 0 aliphatic carbocycles. The molecule has 0 unspecified atom stereocenters. The van der Waals surface area contributed by atoms with Gasteiger partial charge in [0.1, 0.15) is 0 Å². The van der Waals surface area contributed by atoms with E-state index in [-0.39, 0.29) is 5.91 Å². The Hall–Kier alpha value is -0.220. The van der Waals surface area contributed by atoms with Crippen molar-refractivity contribution in [1.82, 2.24) is 9.80 Å². The van der Waals surface area contributed by atoms with E-state index >= 15 is 0 Å². The summed E-state index contributed by atoms with van der Waals surface area (Å²) in [5, 5.41) is 0. The van der Waals surface area contributed by atoms with Crippen LogP contribution in [0.15, 0.2) is 0 Å². The minimum absolute atomic E-state index is 0.231. The van der Waals surface area contributed by atoms with Crippen molar-refractivity contribution in [3.8, 4) is 0 Å². The molecule has 1 aliphatic heterocycles. The predicted octanol–water partition coefficient (Wildman–Crippen LogP) is 0.859. The minimum atomic E-state index is 0.231. The molecule has 1 aliphatic rings. The van der Waals surface area contributed by atoms with E-state index < -0.39 is 0 Å². The Balaban J connectivity index is 2.37. The summed E-state index contributed by atoms with van der Waals surface area (Å²) in [5.41, 5.74) is 0. The molecule has 0 N–H and O–H groups in total. The predicted molar refractivity (Wildman–Crippen MR) is 61.8 cm³/mol. The number of amides is 1. The third kappa shape index (κ3) is 3.17. The van der Waals surface area contributed by atoms with Crippen molar-refractivity contribution >= 4 is 18.5 Å².